The predicted molar refractivity (Wildman–Crippen MR) is 74.0 cm³/mol. The summed E-state index contributed by atoms with van der Waals surface area (Å²) >= 11 is 1.57. The van der Waals surface area contributed by atoms with Crippen LogP contribution in [0, 0.1) is 18.3 Å². The molecular weight excluding hydrogens is 258 g/mol. The maximum Gasteiger partial charge on any atom is 0.163 e. The van der Waals surface area contributed by atoms with Crippen molar-refractivity contribution in [2.24, 2.45) is 0 Å². The largest absolute Gasteiger partial charge is 0.496 e. The Balaban J connectivity index is 2.09. The molecule has 4 nitrogen and oxygen atoms in total. The van der Waals surface area contributed by atoms with Crippen LogP contribution in [0.2, 0.25) is 0 Å². The number of hydrogen-bond acceptors (Lipinski definition) is 5. The van der Waals surface area contributed by atoms with Crippen LogP contribution in [0.25, 0.3) is 0 Å². The number of nitrogens with zero attached hydrogens (tertiary/aromatic N) is 3. The Labute approximate surface area is 116 Å². The molecule has 19 heavy (non-hydrogen) atoms. The van der Waals surface area contributed by atoms with Gasteiger partial charge in [0.15, 0.2) is 5.69 Å². The fourth-order valence-electron chi connectivity index (χ4n) is 1.63. The quantitative estimate of drug-likeness (QED) is 0.800. The van der Waals surface area contributed by atoms with Crippen LogP contribution in [0.15, 0.2) is 35.4 Å². The van der Waals surface area contributed by atoms with Crippen molar-refractivity contribution in [1.82, 2.24) is 10.2 Å². The molecule has 0 spiro atoms. The van der Waals surface area contributed by atoms with Crippen molar-refractivity contribution in [2.75, 3.05) is 7.11 Å². The Hall–Kier alpha value is -2.06. The Bertz CT molecular complexity index is 605. The first-order valence-electron chi connectivity index (χ1n) is 5.73. The highest BCUT2D eigenvalue weighted by atomic mass is 32.2. The zero-order valence-electron chi connectivity index (χ0n) is 10.8. The van der Waals surface area contributed by atoms with Crippen LogP contribution in [0.4, 0.5) is 0 Å². The smallest absolute Gasteiger partial charge is 0.163 e. The van der Waals surface area contributed by atoms with Gasteiger partial charge in [-0.25, -0.2) is 0 Å². The summed E-state index contributed by atoms with van der Waals surface area (Å²) in [4.78, 5) is 0. The van der Waals surface area contributed by atoms with E-state index in [4.69, 9.17) is 10.00 Å². The van der Waals surface area contributed by atoms with Crippen LogP contribution < -0.4 is 4.74 Å². The third-order valence-corrected chi connectivity index (χ3v) is 3.53. The average molecular weight is 271 g/mol. The monoisotopic (exact) mass is 271 g/mol. The molecule has 0 atom stereocenters. The van der Waals surface area contributed by atoms with Gasteiger partial charge in [-0.2, -0.15) is 5.26 Å². The number of ether oxygens (including phenoxy) is 1. The number of aromatic nitrogens is 2. The number of thioether (sulfide) groups is 1. The first-order chi connectivity index (χ1) is 9.22. The van der Waals surface area contributed by atoms with Crippen molar-refractivity contribution in [3.8, 4) is 11.8 Å². The standard InChI is InChI=1S/C14H13N3OS/c1-10-3-5-13(18-2)11(7-10)9-19-14-6-4-12(8-15)16-17-14/h3-7H,9H2,1-2H3. The molecule has 5 heteroatoms. The lowest BCUT2D eigenvalue weighted by molar-refractivity contribution is 0.411. The van der Waals surface area contributed by atoms with Crippen molar-refractivity contribution in [3.05, 3.63) is 47.2 Å². The highest BCUT2D eigenvalue weighted by Gasteiger charge is 2.05. The Morgan fingerprint density at radius 1 is 1.26 bits per heavy atom. The van der Waals surface area contributed by atoms with E-state index in [0.717, 1.165) is 22.1 Å². The fraction of sp³-hybridized carbons (Fsp3) is 0.214. The summed E-state index contributed by atoms with van der Waals surface area (Å²) in [6, 6.07) is 11.5. The molecule has 0 unspecified atom stereocenters. The van der Waals surface area contributed by atoms with E-state index in [0.29, 0.717) is 5.69 Å². The molecule has 0 saturated carbocycles. The summed E-state index contributed by atoms with van der Waals surface area (Å²) in [5, 5.41) is 17.3. The minimum atomic E-state index is 0.331. The number of hydrogen-bond donors (Lipinski definition) is 0. The molecule has 0 fully saturated rings. The maximum atomic E-state index is 8.66. The summed E-state index contributed by atoms with van der Waals surface area (Å²) in [5.41, 5.74) is 2.65. The molecule has 0 aliphatic carbocycles. The number of rotatable bonds is 4. The van der Waals surface area contributed by atoms with Crippen LogP contribution in [0.3, 0.4) is 0 Å². The van der Waals surface area contributed by atoms with E-state index in [1.165, 1.54) is 5.56 Å². The van der Waals surface area contributed by atoms with E-state index < -0.39 is 0 Å². The molecule has 1 heterocycles. The summed E-state index contributed by atoms with van der Waals surface area (Å²) in [6.45, 7) is 2.05. The minimum absolute atomic E-state index is 0.331. The van der Waals surface area contributed by atoms with Gasteiger partial charge in [-0.1, -0.05) is 29.5 Å². The molecule has 0 radical (unpaired) electrons. The molecule has 0 N–H and O–H groups in total. The van der Waals surface area contributed by atoms with Gasteiger partial charge < -0.3 is 4.74 Å². The van der Waals surface area contributed by atoms with E-state index in [1.807, 2.05) is 18.2 Å². The second-order valence-electron chi connectivity index (χ2n) is 3.97. The highest BCUT2D eigenvalue weighted by molar-refractivity contribution is 7.98. The average Bonchev–Trinajstić information content (AvgIpc) is 2.46. The summed E-state index contributed by atoms with van der Waals surface area (Å²) < 4.78 is 5.33. The van der Waals surface area contributed by atoms with E-state index in [2.05, 4.69) is 23.2 Å². The third-order valence-electron chi connectivity index (χ3n) is 2.57. The zero-order chi connectivity index (χ0) is 13.7. The van der Waals surface area contributed by atoms with Crippen LogP contribution in [0.5, 0.6) is 5.75 Å². The topological polar surface area (TPSA) is 58.8 Å². The maximum absolute atomic E-state index is 8.66. The van der Waals surface area contributed by atoms with Gasteiger partial charge in [-0.15, -0.1) is 10.2 Å². The second kappa shape index (κ2) is 6.21. The Kier molecular flexibility index (Phi) is 4.37. The summed E-state index contributed by atoms with van der Waals surface area (Å²) in [5.74, 6) is 1.63. The van der Waals surface area contributed by atoms with Crippen molar-refractivity contribution < 1.29 is 4.74 Å². The first kappa shape index (κ1) is 13.4. The number of nitriles is 1. The second-order valence-corrected chi connectivity index (χ2v) is 4.97. The molecule has 1 aromatic carbocycles. The van der Waals surface area contributed by atoms with Gasteiger partial charge in [-0.05, 0) is 25.1 Å². The zero-order valence-corrected chi connectivity index (χ0v) is 11.6. The highest BCUT2D eigenvalue weighted by Crippen LogP contribution is 2.27. The fourth-order valence-corrected chi connectivity index (χ4v) is 2.42. The molecule has 1 aromatic heterocycles. The summed E-state index contributed by atoms with van der Waals surface area (Å²) in [6.07, 6.45) is 0. The molecule has 0 bridgehead atoms. The van der Waals surface area contributed by atoms with E-state index in [9.17, 15) is 0 Å². The van der Waals surface area contributed by atoms with Gasteiger partial charge in [0.1, 0.15) is 16.8 Å². The van der Waals surface area contributed by atoms with Crippen molar-refractivity contribution in [2.45, 2.75) is 17.7 Å². The van der Waals surface area contributed by atoms with Crippen molar-refractivity contribution in [3.63, 3.8) is 0 Å². The lowest BCUT2D eigenvalue weighted by Gasteiger charge is -2.08. The normalized spacial score (nSPS) is 9.95. The Morgan fingerprint density at radius 2 is 2.11 bits per heavy atom. The molecular formula is C14H13N3OS. The summed E-state index contributed by atoms with van der Waals surface area (Å²) in [7, 11) is 1.67. The molecule has 2 aromatic rings. The minimum Gasteiger partial charge on any atom is -0.496 e. The van der Waals surface area contributed by atoms with Gasteiger partial charge >= 0.3 is 0 Å². The van der Waals surface area contributed by atoms with Crippen LogP contribution in [0.1, 0.15) is 16.8 Å². The first-order valence-corrected chi connectivity index (χ1v) is 6.71. The van der Waals surface area contributed by atoms with Crippen LogP contribution >= 0.6 is 11.8 Å². The van der Waals surface area contributed by atoms with Crippen LogP contribution in [-0.2, 0) is 5.75 Å². The molecule has 2 rings (SSSR count). The molecule has 96 valence electrons. The number of benzene rings is 1. The lowest BCUT2D eigenvalue weighted by Crippen LogP contribution is -1.93. The van der Waals surface area contributed by atoms with Gasteiger partial charge in [0.25, 0.3) is 0 Å². The van der Waals surface area contributed by atoms with E-state index in [-0.39, 0.29) is 0 Å². The third kappa shape index (κ3) is 3.46. The Morgan fingerprint density at radius 3 is 2.74 bits per heavy atom. The number of aryl methyl sites for hydroxylation is 1. The predicted octanol–water partition coefficient (Wildman–Crippen LogP) is 2.96. The van der Waals surface area contributed by atoms with E-state index in [1.54, 1.807) is 31.0 Å². The van der Waals surface area contributed by atoms with Gasteiger partial charge in [0.05, 0.1) is 7.11 Å². The molecule has 0 aliphatic rings. The van der Waals surface area contributed by atoms with Crippen molar-refractivity contribution in [1.29, 1.82) is 5.26 Å². The van der Waals surface area contributed by atoms with Gasteiger partial charge in [0.2, 0.25) is 0 Å². The molecule has 0 saturated heterocycles. The van der Waals surface area contributed by atoms with E-state index >= 15 is 0 Å². The van der Waals surface area contributed by atoms with Gasteiger partial charge in [-0.3, -0.25) is 0 Å². The van der Waals surface area contributed by atoms with Crippen LogP contribution in [-0.4, -0.2) is 17.3 Å². The SMILES string of the molecule is COc1ccc(C)cc1CSc1ccc(C#N)nn1. The molecule has 0 aliphatic heterocycles. The molecule has 0 amide bonds. The lowest BCUT2D eigenvalue weighted by atomic mass is 10.1. The van der Waals surface area contributed by atoms with Crippen molar-refractivity contribution >= 4 is 11.8 Å². The number of methoxy groups -OCH3 is 1. The van der Waals surface area contributed by atoms with Gasteiger partial charge in [0, 0.05) is 11.3 Å².